The molecule has 1 atom stereocenters. The van der Waals surface area contributed by atoms with Crippen molar-refractivity contribution in [3.63, 3.8) is 0 Å². The highest BCUT2D eigenvalue weighted by atomic mass is 35.5. The zero-order valence-corrected chi connectivity index (χ0v) is 10.3. The van der Waals surface area contributed by atoms with Crippen LogP contribution >= 0.6 is 11.6 Å². The van der Waals surface area contributed by atoms with E-state index in [-0.39, 0.29) is 11.7 Å². The van der Waals surface area contributed by atoms with E-state index in [9.17, 15) is 9.18 Å². The largest absolute Gasteiger partial charge is 0.303 e. The van der Waals surface area contributed by atoms with Gasteiger partial charge in [-0.15, -0.1) is 0 Å². The first-order chi connectivity index (χ1) is 8.19. The Balaban J connectivity index is 2.02. The molecule has 1 aromatic rings. The number of hydrogen-bond acceptors (Lipinski definition) is 2. The summed E-state index contributed by atoms with van der Waals surface area (Å²) in [6.07, 6.45) is 3.03. The summed E-state index contributed by atoms with van der Waals surface area (Å²) in [7, 11) is 0. The minimum atomic E-state index is -0.317. The maximum Gasteiger partial charge on any atom is 0.124 e. The summed E-state index contributed by atoms with van der Waals surface area (Å²) >= 11 is 5.98. The van der Waals surface area contributed by atoms with Crippen LogP contribution in [0.1, 0.15) is 18.4 Å². The molecule has 2 rings (SSSR count). The molecule has 1 heterocycles. The Labute approximate surface area is 105 Å². The summed E-state index contributed by atoms with van der Waals surface area (Å²) in [5, 5.41) is 0.457. The number of piperidine rings is 1. The molecule has 0 saturated carbocycles. The molecule has 1 fully saturated rings. The van der Waals surface area contributed by atoms with Crippen LogP contribution in [0.2, 0.25) is 5.02 Å². The van der Waals surface area contributed by atoms with Gasteiger partial charge in [0.2, 0.25) is 0 Å². The van der Waals surface area contributed by atoms with Crippen LogP contribution < -0.4 is 0 Å². The molecule has 0 bridgehead atoms. The Hall–Kier alpha value is -0.930. The second kappa shape index (κ2) is 5.61. The fraction of sp³-hybridized carbons (Fsp3) is 0.462. The van der Waals surface area contributed by atoms with Gasteiger partial charge in [0.05, 0.1) is 0 Å². The van der Waals surface area contributed by atoms with Crippen LogP contribution in [0.3, 0.4) is 0 Å². The molecular formula is C13H15ClFNO. The van der Waals surface area contributed by atoms with E-state index in [0.717, 1.165) is 37.8 Å². The lowest BCUT2D eigenvalue weighted by Crippen LogP contribution is -2.35. The summed E-state index contributed by atoms with van der Waals surface area (Å²) in [4.78, 5) is 13.0. The Morgan fingerprint density at radius 1 is 1.53 bits per heavy atom. The van der Waals surface area contributed by atoms with Crippen molar-refractivity contribution >= 4 is 17.9 Å². The molecular weight excluding hydrogens is 241 g/mol. The highest BCUT2D eigenvalue weighted by molar-refractivity contribution is 6.31. The molecule has 1 aliphatic rings. The summed E-state index contributed by atoms with van der Waals surface area (Å²) in [5.74, 6) is -0.189. The molecule has 1 aliphatic heterocycles. The van der Waals surface area contributed by atoms with Gasteiger partial charge in [-0.05, 0) is 37.1 Å². The zero-order valence-electron chi connectivity index (χ0n) is 9.53. The van der Waals surface area contributed by atoms with Crippen molar-refractivity contribution < 1.29 is 9.18 Å². The molecule has 0 aliphatic carbocycles. The average Bonchev–Trinajstić information content (AvgIpc) is 2.33. The van der Waals surface area contributed by atoms with Gasteiger partial charge in [-0.3, -0.25) is 4.90 Å². The molecule has 1 unspecified atom stereocenters. The number of rotatable bonds is 3. The van der Waals surface area contributed by atoms with Crippen molar-refractivity contribution in [1.29, 1.82) is 0 Å². The summed E-state index contributed by atoms with van der Waals surface area (Å²) in [6, 6.07) is 4.46. The Kier molecular flexibility index (Phi) is 4.13. The number of halogens is 2. The van der Waals surface area contributed by atoms with Gasteiger partial charge in [0.15, 0.2) is 0 Å². The lowest BCUT2D eigenvalue weighted by Gasteiger charge is -2.30. The molecule has 1 aromatic carbocycles. The van der Waals surface area contributed by atoms with E-state index in [1.807, 2.05) is 0 Å². The summed E-state index contributed by atoms with van der Waals surface area (Å²) in [6.45, 7) is 2.43. The molecule has 0 amide bonds. The van der Waals surface area contributed by atoms with Crippen LogP contribution in [-0.4, -0.2) is 24.3 Å². The van der Waals surface area contributed by atoms with E-state index in [2.05, 4.69) is 4.90 Å². The van der Waals surface area contributed by atoms with Gasteiger partial charge < -0.3 is 4.79 Å². The van der Waals surface area contributed by atoms with Gasteiger partial charge in [-0.25, -0.2) is 4.39 Å². The molecule has 17 heavy (non-hydrogen) atoms. The Morgan fingerprint density at radius 2 is 2.35 bits per heavy atom. The lowest BCUT2D eigenvalue weighted by atomic mass is 9.99. The SMILES string of the molecule is O=CC1CCCN(Cc2ccc(F)cc2Cl)C1. The molecule has 0 aromatic heterocycles. The predicted octanol–water partition coefficient (Wildman–Crippen LogP) is 2.89. The third-order valence-corrected chi connectivity index (χ3v) is 3.50. The van der Waals surface area contributed by atoms with Crippen LogP contribution in [0, 0.1) is 11.7 Å². The highest BCUT2D eigenvalue weighted by Crippen LogP contribution is 2.22. The lowest BCUT2D eigenvalue weighted by molar-refractivity contribution is -0.112. The van der Waals surface area contributed by atoms with Crippen LogP contribution in [0.4, 0.5) is 4.39 Å². The molecule has 4 heteroatoms. The first-order valence-electron chi connectivity index (χ1n) is 5.80. The van der Waals surface area contributed by atoms with Gasteiger partial charge in [-0.1, -0.05) is 17.7 Å². The van der Waals surface area contributed by atoms with Crippen molar-refractivity contribution in [3.05, 3.63) is 34.6 Å². The van der Waals surface area contributed by atoms with Crippen molar-refractivity contribution in [3.8, 4) is 0 Å². The normalized spacial score (nSPS) is 21.4. The first kappa shape index (κ1) is 12.5. The zero-order chi connectivity index (χ0) is 12.3. The van der Waals surface area contributed by atoms with Crippen molar-refractivity contribution in [2.75, 3.05) is 13.1 Å². The average molecular weight is 256 g/mol. The molecule has 0 N–H and O–H groups in total. The standard InChI is InChI=1S/C13H15ClFNO/c14-13-6-12(15)4-3-11(13)8-16-5-1-2-10(7-16)9-17/h3-4,6,9-10H,1-2,5,7-8H2. The number of carbonyl (C=O) groups is 1. The number of nitrogens with zero attached hydrogens (tertiary/aromatic N) is 1. The van der Waals surface area contributed by atoms with Crippen LogP contribution in [0.5, 0.6) is 0 Å². The second-order valence-electron chi connectivity index (χ2n) is 4.51. The van der Waals surface area contributed by atoms with E-state index < -0.39 is 0 Å². The molecule has 2 nitrogen and oxygen atoms in total. The monoisotopic (exact) mass is 255 g/mol. The van der Waals surface area contributed by atoms with Gasteiger partial charge >= 0.3 is 0 Å². The van der Waals surface area contributed by atoms with Gasteiger partial charge in [0.25, 0.3) is 0 Å². The van der Waals surface area contributed by atoms with Gasteiger partial charge in [0.1, 0.15) is 12.1 Å². The van der Waals surface area contributed by atoms with Crippen LogP contribution in [0.25, 0.3) is 0 Å². The van der Waals surface area contributed by atoms with Crippen LogP contribution in [-0.2, 0) is 11.3 Å². The quantitative estimate of drug-likeness (QED) is 0.774. The number of aldehydes is 1. The topological polar surface area (TPSA) is 20.3 Å². The minimum absolute atomic E-state index is 0.128. The van der Waals surface area contributed by atoms with E-state index in [0.29, 0.717) is 11.6 Å². The minimum Gasteiger partial charge on any atom is -0.303 e. The van der Waals surface area contributed by atoms with Gasteiger partial charge in [0, 0.05) is 24.0 Å². The molecule has 0 spiro atoms. The first-order valence-corrected chi connectivity index (χ1v) is 6.18. The predicted molar refractivity (Wildman–Crippen MR) is 65.5 cm³/mol. The number of carbonyl (C=O) groups excluding carboxylic acids is 1. The number of likely N-dealkylation sites (tertiary alicyclic amines) is 1. The van der Waals surface area contributed by atoms with Crippen molar-refractivity contribution in [2.24, 2.45) is 5.92 Å². The molecule has 92 valence electrons. The third kappa shape index (κ3) is 3.27. The van der Waals surface area contributed by atoms with E-state index in [1.165, 1.54) is 12.1 Å². The summed E-state index contributed by atoms with van der Waals surface area (Å²) < 4.78 is 12.9. The maximum atomic E-state index is 12.9. The number of benzene rings is 1. The van der Waals surface area contributed by atoms with Crippen molar-refractivity contribution in [2.45, 2.75) is 19.4 Å². The smallest absolute Gasteiger partial charge is 0.124 e. The van der Waals surface area contributed by atoms with Crippen molar-refractivity contribution in [1.82, 2.24) is 4.90 Å². The van der Waals surface area contributed by atoms with Gasteiger partial charge in [-0.2, -0.15) is 0 Å². The van der Waals surface area contributed by atoms with E-state index in [1.54, 1.807) is 6.07 Å². The second-order valence-corrected chi connectivity index (χ2v) is 4.92. The Morgan fingerprint density at radius 3 is 3.06 bits per heavy atom. The Bertz CT molecular complexity index is 410. The third-order valence-electron chi connectivity index (χ3n) is 3.14. The number of hydrogen-bond donors (Lipinski definition) is 0. The molecule has 1 saturated heterocycles. The van der Waals surface area contributed by atoms with E-state index >= 15 is 0 Å². The fourth-order valence-corrected chi connectivity index (χ4v) is 2.46. The van der Waals surface area contributed by atoms with E-state index in [4.69, 9.17) is 11.6 Å². The highest BCUT2D eigenvalue weighted by Gasteiger charge is 2.19. The fourth-order valence-electron chi connectivity index (χ4n) is 2.24. The molecule has 0 radical (unpaired) electrons. The summed E-state index contributed by atoms with van der Waals surface area (Å²) in [5.41, 5.74) is 0.916. The van der Waals surface area contributed by atoms with Crippen LogP contribution in [0.15, 0.2) is 18.2 Å². The maximum absolute atomic E-state index is 12.9.